The van der Waals surface area contributed by atoms with E-state index < -0.39 is 10.1 Å². The fraction of sp³-hybridized carbons (Fsp3) is 1.00. The first kappa shape index (κ1) is 7.23. The van der Waals surface area contributed by atoms with Crippen LogP contribution in [0.2, 0.25) is 0 Å². The summed E-state index contributed by atoms with van der Waals surface area (Å²) in [5.74, 6) is 2.72. The first-order valence-electron chi connectivity index (χ1n) is 5.10. The Balaban J connectivity index is 1.86. The van der Waals surface area contributed by atoms with Crippen LogP contribution in [-0.2, 0) is 14.3 Å². The van der Waals surface area contributed by atoms with Crippen molar-refractivity contribution >= 4 is 10.1 Å². The molecule has 0 aromatic carbocycles. The Labute approximate surface area is 77.6 Å². The van der Waals surface area contributed by atoms with Crippen molar-refractivity contribution in [3.8, 4) is 0 Å². The first-order chi connectivity index (χ1) is 6.18. The zero-order valence-electron chi connectivity index (χ0n) is 7.22. The molecule has 1 saturated heterocycles. The summed E-state index contributed by atoms with van der Waals surface area (Å²) >= 11 is 0. The summed E-state index contributed by atoms with van der Waals surface area (Å²) in [6.45, 7) is 0. The smallest absolute Gasteiger partial charge is 0.266 e. The van der Waals surface area contributed by atoms with Gasteiger partial charge in [0, 0.05) is 5.92 Å². The first-order valence-corrected chi connectivity index (χ1v) is 6.58. The van der Waals surface area contributed by atoms with Gasteiger partial charge in [0.2, 0.25) is 0 Å². The van der Waals surface area contributed by atoms with Crippen LogP contribution in [0.1, 0.15) is 19.3 Å². The molecule has 0 spiro atoms. The minimum Gasteiger partial charge on any atom is -0.266 e. The van der Waals surface area contributed by atoms with Gasteiger partial charge in [-0.15, -0.1) is 0 Å². The predicted octanol–water partition coefficient (Wildman–Crippen LogP) is 0.760. The van der Waals surface area contributed by atoms with Gasteiger partial charge >= 0.3 is 0 Å². The lowest BCUT2D eigenvalue weighted by Crippen LogP contribution is -2.28. The highest BCUT2D eigenvalue weighted by molar-refractivity contribution is 7.87. The predicted molar refractivity (Wildman–Crippen MR) is 45.4 cm³/mol. The lowest BCUT2D eigenvalue weighted by atomic mass is 9.84. The van der Waals surface area contributed by atoms with E-state index in [1.165, 1.54) is 6.42 Å². The molecule has 4 heteroatoms. The molecule has 72 valence electrons. The molecule has 4 aliphatic rings. The Morgan fingerprint density at radius 3 is 2.77 bits per heavy atom. The van der Waals surface area contributed by atoms with Crippen LogP contribution in [0.3, 0.4) is 0 Å². The molecule has 0 amide bonds. The molecule has 6 unspecified atom stereocenters. The second-order valence-electron chi connectivity index (χ2n) is 4.96. The lowest BCUT2D eigenvalue weighted by Gasteiger charge is -2.23. The van der Waals surface area contributed by atoms with Crippen molar-refractivity contribution < 1.29 is 12.6 Å². The molecule has 0 aromatic rings. The van der Waals surface area contributed by atoms with Crippen molar-refractivity contribution in [2.24, 2.45) is 23.7 Å². The molecule has 3 aliphatic carbocycles. The highest BCUT2D eigenvalue weighted by atomic mass is 32.2. The second kappa shape index (κ2) is 1.82. The van der Waals surface area contributed by atoms with Crippen molar-refractivity contribution in [2.75, 3.05) is 0 Å². The second-order valence-corrected chi connectivity index (χ2v) is 6.74. The molecule has 0 radical (unpaired) electrons. The highest BCUT2D eigenvalue weighted by Crippen LogP contribution is 2.69. The van der Waals surface area contributed by atoms with Crippen LogP contribution in [0.15, 0.2) is 0 Å². The molecule has 6 atom stereocenters. The number of fused-ring (bicyclic) bond motifs is 1. The van der Waals surface area contributed by atoms with Gasteiger partial charge in [-0.3, -0.25) is 4.18 Å². The van der Waals surface area contributed by atoms with Gasteiger partial charge < -0.3 is 0 Å². The molecule has 1 aliphatic heterocycles. The van der Waals surface area contributed by atoms with Gasteiger partial charge in [-0.05, 0) is 37.0 Å². The summed E-state index contributed by atoms with van der Waals surface area (Å²) in [6, 6.07) is 0. The maximum absolute atomic E-state index is 11.6. The average Bonchev–Trinajstić information content (AvgIpc) is 2.51. The molecule has 0 bridgehead atoms. The summed E-state index contributed by atoms with van der Waals surface area (Å²) in [7, 11) is -3.16. The largest absolute Gasteiger partial charge is 0.270 e. The molecule has 3 saturated carbocycles. The molecule has 13 heavy (non-hydrogen) atoms. The Hall–Kier alpha value is -0.0900. The van der Waals surface area contributed by atoms with Crippen LogP contribution in [-0.4, -0.2) is 19.8 Å². The normalized spacial score (nSPS) is 64.9. The van der Waals surface area contributed by atoms with Crippen molar-refractivity contribution in [3.05, 3.63) is 0 Å². The fourth-order valence-electron chi connectivity index (χ4n) is 4.16. The quantitative estimate of drug-likeness (QED) is 0.542. The van der Waals surface area contributed by atoms with Crippen LogP contribution >= 0.6 is 0 Å². The summed E-state index contributed by atoms with van der Waals surface area (Å²) < 4.78 is 28.3. The van der Waals surface area contributed by atoms with E-state index in [-0.39, 0.29) is 11.4 Å². The van der Waals surface area contributed by atoms with E-state index in [9.17, 15) is 8.42 Å². The number of hydrogen-bond acceptors (Lipinski definition) is 3. The van der Waals surface area contributed by atoms with E-state index in [0.717, 1.165) is 30.6 Å². The van der Waals surface area contributed by atoms with Crippen LogP contribution in [0.5, 0.6) is 0 Å². The van der Waals surface area contributed by atoms with E-state index in [0.29, 0.717) is 5.92 Å². The Morgan fingerprint density at radius 2 is 1.92 bits per heavy atom. The molecule has 0 N–H and O–H groups in total. The van der Waals surface area contributed by atoms with Crippen molar-refractivity contribution in [2.45, 2.75) is 30.6 Å². The van der Waals surface area contributed by atoms with E-state index >= 15 is 0 Å². The van der Waals surface area contributed by atoms with Gasteiger partial charge in [0.05, 0.1) is 11.4 Å². The van der Waals surface area contributed by atoms with Gasteiger partial charge in [0.1, 0.15) is 0 Å². The third-order valence-corrected chi connectivity index (χ3v) is 6.38. The van der Waals surface area contributed by atoms with E-state index in [1.54, 1.807) is 0 Å². The maximum Gasteiger partial charge on any atom is 0.270 e. The SMILES string of the molecule is O=S1(=O)OC2CCC3C4CC1C2C34. The van der Waals surface area contributed by atoms with Crippen molar-refractivity contribution in [1.82, 2.24) is 0 Å². The maximum atomic E-state index is 11.6. The van der Waals surface area contributed by atoms with E-state index in [4.69, 9.17) is 4.18 Å². The summed E-state index contributed by atoms with van der Waals surface area (Å²) in [5.41, 5.74) is 0. The fourth-order valence-corrected chi connectivity index (χ4v) is 6.07. The van der Waals surface area contributed by atoms with Crippen LogP contribution in [0.4, 0.5) is 0 Å². The van der Waals surface area contributed by atoms with Gasteiger partial charge in [-0.1, -0.05) is 0 Å². The van der Waals surface area contributed by atoms with Crippen LogP contribution in [0.25, 0.3) is 0 Å². The van der Waals surface area contributed by atoms with E-state index in [2.05, 4.69) is 0 Å². The van der Waals surface area contributed by atoms with Gasteiger partial charge in [0.25, 0.3) is 10.1 Å². The Kier molecular flexibility index (Phi) is 1.01. The average molecular weight is 200 g/mol. The molecular formula is C9H12O3S. The van der Waals surface area contributed by atoms with E-state index in [1.807, 2.05) is 0 Å². The summed E-state index contributed by atoms with van der Waals surface area (Å²) in [4.78, 5) is 0. The lowest BCUT2D eigenvalue weighted by molar-refractivity contribution is 0.131. The Morgan fingerprint density at radius 1 is 1.08 bits per heavy atom. The molecule has 4 rings (SSSR count). The number of hydrogen-bond donors (Lipinski definition) is 0. The monoisotopic (exact) mass is 200 g/mol. The van der Waals surface area contributed by atoms with Gasteiger partial charge in [-0.2, -0.15) is 8.42 Å². The minimum absolute atomic E-state index is 0.0590. The summed E-state index contributed by atoms with van der Waals surface area (Å²) in [6.07, 6.45) is 3.15. The van der Waals surface area contributed by atoms with Crippen molar-refractivity contribution in [3.63, 3.8) is 0 Å². The summed E-state index contributed by atoms with van der Waals surface area (Å²) in [5, 5.41) is -0.121. The third kappa shape index (κ3) is 0.666. The standard InChI is InChI=1S/C9H12O3S/c10-13(11)7-3-5-4-1-2-6(12-13)9(7)8(4)5/h4-9H,1-3H2. The number of rotatable bonds is 0. The molecular weight excluding hydrogens is 188 g/mol. The van der Waals surface area contributed by atoms with Crippen LogP contribution < -0.4 is 0 Å². The van der Waals surface area contributed by atoms with Crippen molar-refractivity contribution in [1.29, 1.82) is 0 Å². The third-order valence-electron chi connectivity index (χ3n) is 4.62. The van der Waals surface area contributed by atoms with Gasteiger partial charge in [0.15, 0.2) is 0 Å². The molecule has 3 nitrogen and oxygen atoms in total. The molecule has 4 fully saturated rings. The highest BCUT2D eigenvalue weighted by Gasteiger charge is 2.71. The minimum atomic E-state index is -3.16. The van der Waals surface area contributed by atoms with Gasteiger partial charge in [-0.25, -0.2) is 0 Å². The molecule has 0 aromatic heterocycles. The van der Waals surface area contributed by atoms with Crippen LogP contribution in [0, 0.1) is 23.7 Å². The zero-order chi connectivity index (χ0) is 8.79. The molecule has 1 heterocycles. The topological polar surface area (TPSA) is 43.4 Å². The Bertz CT molecular complexity index is 374. The zero-order valence-corrected chi connectivity index (χ0v) is 8.03.